The van der Waals surface area contributed by atoms with E-state index in [-0.39, 0.29) is 5.56 Å². The summed E-state index contributed by atoms with van der Waals surface area (Å²) < 4.78 is 2.04. The van der Waals surface area contributed by atoms with Crippen molar-refractivity contribution in [1.29, 1.82) is 0 Å². The average molecular weight is 247 g/mol. The lowest BCUT2D eigenvalue weighted by molar-refractivity contribution is 0.0696. The number of hydrogen-bond acceptors (Lipinski definition) is 3. The largest absolute Gasteiger partial charge is 0.478 e. The molecule has 0 atom stereocenters. The molecular formula is C13H17N3O2. The molecule has 0 bridgehead atoms. The molecule has 96 valence electrons. The highest BCUT2D eigenvalue weighted by Gasteiger charge is 2.14. The van der Waals surface area contributed by atoms with Crippen LogP contribution in [0, 0.1) is 5.92 Å². The van der Waals surface area contributed by atoms with Crippen LogP contribution in [0.5, 0.6) is 0 Å². The van der Waals surface area contributed by atoms with Gasteiger partial charge in [-0.25, -0.2) is 14.8 Å². The van der Waals surface area contributed by atoms with E-state index in [0.29, 0.717) is 11.4 Å². The second-order valence-electron chi connectivity index (χ2n) is 4.74. The zero-order chi connectivity index (χ0) is 13.3. The molecular weight excluding hydrogens is 230 g/mol. The molecule has 5 nitrogen and oxygen atoms in total. The highest BCUT2D eigenvalue weighted by molar-refractivity contribution is 5.90. The first-order chi connectivity index (χ1) is 8.52. The van der Waals surface area contributed by atoms with Crippen molar-refractivity contribution in [2.45, 2.75) is 33.7 Å². The molecule has 0 unspecified atom stereocenters. The number of carboxylic acids is 1. The molecule has 0 amide bonds. The summed E-state index contributed by atoms with van der Waals surface area (Å²) in [4.78, 5) is 19.6. The van der Waals surface area contributed by atoms with E-state index in [0.717, 1.165) is 24.4 Å². The molecule has 2 aromatic rings. The number of hydrogen-bond donors (Lipinski definition) is 1. The molecule has 1 N–H and O–H groups in total. The molecule has 0 aliphatic carbocycles. The van der Waals surface area contributed by atoms with E-state index in [2.05, 4.69) is 23.8 Å². The highest BCUT2D eigenvalue weighted by atomic mass is 16.4. The Kier molecular flexibility index (Phi) is 3.32. The van der Waals surface area contributed by atoms with Gasteiger partial charge in [-0.05, 0) is 18.9 Å². The molecule has 0 spiro atoms. The molecule has 0 saturated heterocycles. The summed E-state index contributed by atoms with van der Waals surface area (Å²) in [5.74, 6) is 0.504. The van der Waals surface area contributed by atoms with Crippen LogP contribution in [0.25, 0.3) is 11.2 Å². The fourth-order valence-corrected chi connectivity index (χ4v) is 2.03. The fourth-order valence-electron chi connectivity index (χ4n) is 2.03. The van der Waals surface area contributed by atoms with Crippen molar-refractivity contribution >= 4 is 17.1 Å². The van der Waals surface area contributed by atoms with Gasteiger partial charge >= 0.3 is 5.97 Å². The Balaban J connectivity index is 2.56. The zero-order valence-electron chi connectivity index (χ0n) is 10.8. The lowest BCUT2D eigenvalue weighted by Gasteiger charge is -2.07. The van der Waals surface area contributed by atoms with Crippen molar-refractivity contribution in [3.05, 3.63) is 23.7 Å². The van der Waals surface area contributed by atoms with Gasteiger partial charge in [-0.15, -0.1) is 0 Å². The molecule has 2 heterocycles. The maximum absolute atomic E-state index is 10.9. The summed E-state index contributed by atoms with van der Waals surface area (Å²) >= 11 is 0. The number of carbonyl (C=O) groups is 1. The number of aryl methyl sites for hydroxylation is 1. The van der Waals surface area contributed by atoms with Crippen LogP contribution >= 0.6 is 0 Å². The summed E-state index contributed by atoms with van der Waals surface area (Å²) in [7, 11) is 0. The van der Waals surface area contributed by atoms with Crippen molar-refractivity contribution < 1.29 is 9.90 Å². The van der Waals surface area contributed by atoms with Crippen LogP contribution in [0.4, 0.5) is 0 Å². The number of rotatable bonds is 4. The third kappa shape index (κ3) is 2.20. The standard InChI is InChI=1S/C13H17N3O2/c1-4-16-11(5-8(2)3)15-10-6-9(13(17)18)7-14-12(10)16/h6-8H,4-5H2,1-3H3,(H,17,18). The Bertz CT molecular complexity index is 587. The summed E-state index contributed by atoms with van der Waals surface area (Å²) in [6.07, 6.45) is 2.25. The minimum atomic E-state index is -0.971. The number of aromatic nitrogens is 3. The molecule has 0 radical (unpaired) electrons. The van der Waals surface area contributed by atoms with Crippen LogP contribution < -0.4 is 0 Å². The Morgan fingerprint density at radius 1 is 1.50 bits per heavy atom. The molecule has 0 aliphatic heterocycles. The number of nitrogens with zero attached hydrogens (tertiary/aromatic N) is 3. The average Bonchev–Trinajstić information content (AvgIpc) is 2.63. The van der Waals surface area contributed by atoms with Gasteiger partial charge in [-0.1, -0.05) is 13.8 Å². The van der Waals surface area contributed by atoms with Crippen molar-refractivity contribution in [2.75, 3.05) is 0 Å². The van der Waals surface area contributed by atoms with Gasteiger partial charge in [0.25, 0.3) is 0 Å². The number of imidazole rings is 1. The first-order valence-electron chi connectivity index (χ1n) is 6.11. The van der Waals surface area contributed by atoms with Crippen molar-refractivity contribution in [3.8, 4) is 0 Å². The van der Waals surface area contributed by atoms with Crippen LogP contribution in [0.3, 0.4) is 0 Å². The van der Waals surface area contributed by atoms with Crippen molar-refractivity contribution in [3.63, 3.8) is 0 Å². The highest BCUT2D eigenvalue weighted by Crippen LogP contribution is 2.17. The van der Waals surface area contributed by atoms with E-state index in [9.17, 15) is 4.79 Å². The maximum atomic E-state index is 10.9. The predicted molar refractivity (Wildman–Crippen MR) is 68.7 cm³/mol. The van der Waals surface area contributed by atoms with Gasteiger partial charge in [-0.3, -0.25) is 0 Å². The normalized spacial score (nSPS) is 11.3. The maximum Gasteiger partial charge on any atom is 0.337 e. The number of aromatic carboxylic acids is 1. The lowest BCUT2D eigenvalue weighted by Crippen LogP contribution is -2.06. The Morgan fingerprint density at radius 2 is 2.22 bits per heavy atom. The Labute approximate surface area is 105 Å². The van der Waals surface area contributed by atoms with E-state index in [4.69, 9.17) is 5.11 Å². The minimum Gasteiger partial charge on any atom is -0.478 e. The van der Waals surface area contributed by atoms with Gasteiger partial charge in [0, 0.05) is 19.2 Å². The van der Waals surface area contributed by atoms with Gasteiger partial charge in [0.15, 0.2) is 5.65 Å². The van der Waals surface area contributed by atoms with Gasteiger partial charge in [0.05, 0.1) is 5.56 Å². The molecule has 5 heteroatoms. The topological polar surface area (TPSA) is 68.0 Å². The first-order valence-corrected chi connectivity index (χ1v) is 6.11. The quantitative estimate of drug-likeness (QED) is 0.900. The number of pyridine rings is 1. The lowest BCUT2D eigenvalue weighted by atomic mass is 10.1. The van der Waals surface area contributed by atoms with Gasteiger partial charge in [0.1, 0.15) is 11.3 Å². The summed E-state index contributed by atoms with van der Waals surface area (Å²) in [6.45, 7) is 7.10. The van der Waals surface area contributed by atoms with E-state index in [1.54, 1.807) is 6.07 Å². The van der Waals surface area contributed by atoms with Crippen LogP contribution in [-0.4, -0.2) is 25.6 Å². The third-order valence-corrected chi connectivity index (χ3v) is 2.82. The smallest absolute Gasteiger partial charge is 0.337 e. The van der Waals surface area contributed by atoms with Crippen LogP contribution in [0.15, 0.2) is 12.3 Å². The Morgan fingerprint density at radius 3 is 2.78 bits per heavy atom. The Hall–Kier alpha value is -1.91. The number of fused-ring (bicyclic) bond motifs is 1. The molecule has 2 aromatic heterocycles. The van der Waals surface area contributed by atoms with Gasteiger partial charge < -0.3 is 9.67 Å². The molecule has 0 fully saturated rings. The molecule has 18 heavy (non-hydrogen) atoms. The minimum absolute atomic E-state index is 0.180. The fraction of sp³-hybridized carbons (Fsp3) is 0.462. The van der Waals surface area contributed by atoms with Crippen LogP contribution in [-0.2, 0) is 13.0 Å². The van der Waals surface area contributed by atoms with E-state index < -0.39 is 5.97 Å². The molecule has 0 saturated carbocycles. The first kappa shape index (κ1) is 12.5. The summed E-state index contributed by atoms with van der Waals surface area (Å²) in [5.41, 5.74) is 1.60. The van der Waals surface area contributed by atoms with E-state index >= 15 is 0 Å². The number of carboxylic acid groups (broad SMARTS) is 1. The second-order valence-corrected chi connectivity index (χ2v) is 4.74. The predicted octanol–water partition coefficient (Wildman–Crippen LogP) is 2.35. The van der Waals surface area contributed by atoms with Crippen LogP contribution in [0.2, 0.25) is 0 Å². The van der Waals surface area contributed by atoms with E-state index in [1.165, 1.54) is 6.20 Å². The summed E-state index contributed by atoms with van der Waals surface area (Å²) in [6, 6.07) is 1.58. The van der Waals surface area contributed by atoms with Gasteiger partial charge in [0.2, 0.25) is 0 Å². The van der Waals surface area contributed by atoms with E-state index in [1.807, 2.05) is 11.5 Å². The monoisotopic (exact) mass is 247 g/mol. The second kappa shape index (κ2) is 4.76. The third-order valence-electron chi connectivity index (χ3n) is 2.82. The zero-order valence-corrected chi connectivity index (χ0v) is 10.8. The summed E-state index contributed by atoms with van der Waals surface area (Å²) in [5, 5.41) is 8.95. The molecule has 0 aliphatic rings. The SMILES string of the molecule is CCn1c(CC(C)C)nc2cc(C(=O)O)cnc21. The van der Waals surface area contributed by atoms with Crippen LogP contribution in [0.1, 0.15) is 37.0 Å². The van der Waals surface area contributed by atoms with Crippen molar-refractivity contribution in [1.82, 2.24) is 14.5 Å². The van der Waals surface area contributed by atoms with Crippen molar-refractivity contribution in [2.24, 2.45) is 5.92 Å². The molecule has 2 rings (SSSR count). The molecule has 0 aromatic carbocycles. The van der Waals surface area contributed by atoms with Gasteiger partial charge in [-0.2, -0.15) is 0 Å².